The number of amides is 1. The highest BCUT2D eigenvalue weighted by molar-refractivity contribution is 6.07. The van der Waals surface area contributed by atoms with Gasteiger partial charge >= 0.3 is 0 Å². The zero-order valence-electron chi connectivity index (χ0n) is 12.7. The van der Waals surface area contributed by atoms with Gasteiger partial charge in [0.25, 0.3) is 5.91 Å². The van der Waals surface area contributed by atoms with Crippen molar-refractivity contribution in [2.45, 2.75) is 13.8 Å². The third-order valence-electron chi connectivity index (χ3n) is 3.48. The highest BCUT2D eigenvalue weighted by Gasteiger charge is 2.18. The van der Waals surface area contributed by atoms with E-state index in [1.54, 1.807) is 25.1 Å². The first kappa shape index (κ1) is 16.2. The van der Waals surface area contributed by atoms with E-state index >= 15 is 0 Å². The maximum Gasteiger partial charge on any atom is 0.258 e. The van der Waals surface area contributed by atoms with Gasteiger partial charge in [0.2, 0.25) is 0 Å². The lowest BCUT2D eigenvalue weighted by molar-refractivity contribution is 0.102. The molecule has 0 saturated heterocycles. The molecule has 0 unspecified atom stereocenters. The van der Waals surface area contributed by atoms with E-state index in [-0.39, 0.29) is 22.4 Å². The number of nitrogen functional groups attached to an aromatic ring is 1. The van der Waals surface area contributed by atoms with Crippen molar-refractivity contribution in [1.82, 2.24) is 0 Å². The summed E-state index contributed by atoms with van der Waals surface area (Å²) in [7, 11) is 0. The van der Waals surface area contributed by atoms with Crippen LogP contribution in [-0.2, 0) is 0 Å². The molecule has 0 aliphatic carbocycles. The highest BCUT2D eigenvalue weighted by Crippen LogP contribution is 2.22. The van der Waals surface area contributed by atoms with Gasteiger partial charge < -0.3 is 16.5 Å². The first-order valence-corrected chi connectivity index (χ1v) is 6.80. The summed E-state index contributed by atoms with van der Waals surface area (Å²) in [4.78, 5) is 12.3. The van der Waals surface area contributed by atoms with Crippen LogP contribution in [0.25, 0.3) is 0 Å². The van der Waals surface area contributed by atoms with Crippen LogP contribution < -0.4 is 11.1 Å². The number of nitrogens with zero attached hydrogens (tertiary/aromatic N) is 1. The summed E-state index contributed by atoms with van der Waals surface area (Å²) < 4.78 is 14.0. The molecule has 6 heteroatoms. The number of rotatable bonds is 3. The Kier molecular flexibility index (Phi) is 4.42. The van der Waals surface area contributed by atoms with Crippen LogP contribution in [0.1, 0.15) is 34.0 Å². The summed E-state index contributed by atoms with van der Waals surface area (Å²) in [5, 5.41) is 19.2. The second-order valence-corrected chi connectivity index (χ2v) is 5.09. The lowest BCUT2D eigenvalue weighted by Crippen LogP contribution is -2.16. The van der Waals surface area contributed by atoms with Crippen molar-refractivity contribution in [2.75, 3.05) is 11.1 Å². The Bertz CT molecular complexity index is 852. The van der Waals surface area contributed by atoms with Crippen molar-refractivity contribution >= 4 is 23.0 Å². The van der Waals surface area contributed by atoms with Crippen molar-refractivity contribution in [1.29, 1.82) is 10.7 Å². The molecule has 2 aromatic carbocycles. The van der Waals surface area contributed by atoms with E-state index in [1.165, 1.54) is 13.0 Å². The molecule has 0 aliphatic rings. The summed E-state index contributed by atoms with van der Waals surface area (Å²) in [5.41, 5.74) is 7.68. The van der Waals surface area contributed by atoms with Crippen LogP contribution in [0.15, 0.2) is 30.3 Å². The predicted octanol–water partition coefficient (Wildman–Crippen LogP) is 3.23. The minimum atomic E-state index is -0.696. The smallest absolute Gasteiger partial charge is 0.258 e. The van der Waals surface area contributed by atoms with Crippen LogP contribution in [-0.4, -0.2) is 11.6 Å². The average Bonchev–Trinajstić information content (AvgIpc) is 2.49. The molecular formula is C17H15FN4O. The number of nitrogens with two attached hydrogens (primary N) is 1. The first-order chi connectivity index (χ1) is 10.8. The Hall–Kier alpha value is -3.20. The van der Waals surface area contributed by atoms with E-state index in [2.05, 4.69) is 5.32 Å². The molecule has 0 atom stereocenters. The molecule has 1 amide bonds. The van der Waals surface area contributed by atoms with Crippen LogP contribution in [0.2, 0.25) is 0 Å². The van der Waals surface area contributed by atoms with E-state index in [0.717, 1.165) is 6.07 Å². The zero-order valence-corrected chi connectivity index (χ0v) is 12.7. The van der Waals surface area contributed by atoms with Crippen LogP contribution >= 0.6 is 0 Å². The standard InChI is InChI=1S/C17H15FN4O/c1-9-11(8-19)3-5-14(18)16(9)17(23)22-12-4-6-15(21)13(7-12)10(2)20/h3-7,20H,21H2,1-2H3,(H,22,23). The van der Waals surface area contributed by atoms with Gasteiger partial charge in [-0.3, -0.25) is 4.79 Å². The maximum atomic E-state index is 14.0. The fourth-order valence-electron chi connectivity index (χ4n) is 2.23. The number of nitrogens with one attached hydrogen (secondary N) is 2. The monoisotopic (exact) mass is 310 g/mol. The van der Waals surface area contributed by atoms with Gasteiger partial charge in [0.1, 0.15) is 5.82 Å². The molecule has 5 nitrogen and oxygen atoms in total. The second-order valence-electron chi connectivity index (χ2n) is 5.09. The lowest BCUT2D eigenvalue weighted by Gasteiger charge is -2.12. The molecule has 0 aliphatic heterocycles. The molecular weight excluding hydrogens is 295 g/mol. The summed E-state index contributed by atoms with van der Waals surface area (Å²) in [6.45, 7) is 3.10. The van der Waals surface area contributed by atoms with Crippen molar-refractivity contribution in [2.24, 2.45) is 0 Å². The second kappa shape index (κ2) is 6.28. The van der Waals surface area contributed by atoms with Crippen LogP contribution in [0.3, 0.4) is 0 Å². The van der Waals surface area contributed by atoms with Gasteiger partial charge in [-0.2, -0.15) is 5.26 Å². The number of hydrogen-bond acceptors (Lipinski definition) is 4. The van der Waals surface area contributed by atoms with E-state index in [4.69, 9.17) is 16.4 Å². The summed E-state index contributed by atoms with van der Waals surface area (Å²) in [5.74, 6) is -1.35. The first-order valence-electron chi connectivity index (χ1n) is 6.80. The quantitative estimate of drug-likeness (QED) is 0.599. The molecule has 4 N–H and O–H groups in total. The SMILES string of the molecule is CC(=N)c1cc(NC(=O)c2c(F)ccc(C#N)c2C)ccc1N. The van der Waals surface area contributed by atoms with Crippen LogP contribution in [0.4, 0.5) is 15.8 Å². The Morgan fingerprint density at radius 2 is 2.04 bits per heavy atom. The molecule has 116 valence electrons. The van der Waals surface area contributed by atoms with Gasteiger partial charge in [0, 0.05) is 22.6 Å². The Morgan fingerprint density at radius 1 is 1.35 bits per heavy atom. The van der Waals surface area contributed by atoms with Crippen molar-refractivity contribution < 1.29 is 9.18 Å². The van der Waals surface area contributed by atoms with Gasteiger partial charge in [-0.1, -0.05) is 0 Å². The van der Waals surface area contributed by atoms with Gasteiger partial charge in [0.15, 0.2) is 0 Å². The molecule has 0 saturated carbocycles. The third-order valence-corrected chi connectivity index (χ3v) is 3.48. The fraction of sp³-hybridized carbons (Fsp3) is 0.118. The highest BCUT2D eigenvalue weighted by atomic mass is 19.1. The zero-order chi connectivity index (χ0) is 17.1. The number of hydrogen-bond donors (Lipinski definition) is 3. The number of nitriles is 1. The molecule has 0 heterocycles. The molecule has 2 aromatic rings. The van der Waals surface area contributed by atoms with Gasteiger partial charge in [-0.15, -0.1) is 0 Å². The maximum absolute atomic E-state index is 14.0. The van der Waals surface area contributed by atoms with Crippen molar-refractivity contribution in [3.05, 3.63) is 58.4 Å². The number of halogens is 1. The summed E-state index contributed by atoms with van der Waals surface area (Å²) >= 11 is 0. The van der Waals surface area contributed by atoms with Crippen molar-refractivity contribution in [3.8, 4) is 6.07 Å². The molecule has 0 fully saturated rings. The van der Waals surface area contributed by atoms with Gasteiger partial charge in [-0.05, 0) is 49.7 Å². The normalized spacial score (nSPS) is 10.0. The largest absolute Gasteiger partial charge is 0.398 e. The molecule has 0 bridgehead atoms. The van der Waals surface area contributed by atoms with Crippen LogP contribution in [0, 0.1) is 29.5 Å². The molecule has 0 spiro atoms. The molecule has 0 aromatic heterocycles. The topological polar surface area (TPSA) is 103 Å². The summed E-state index contributed by atoms with van der Waals surface area (Å²) in [6, 6.07) is 9.04. The van der Waals surface area contributed by atoms with Crippen LogP contribution in [0.5, 0.6) is 0 Å². The number of carbonyl (C=O) groups excluding carboxylic acids is 1. The van der Waals surface area contributed by atoms with Gasteiger partial charge in [-0.25, -0.2) is 4.39 Å². The molecule has 2 rings (SSSR count). The van der Waals surface area contributed by atoms with Crippen molar-refractivity contribution in [3.63, 3.8) is 0 Å². The van der Waals surface area contributed by atoms with E-state index in [0.29, 0.717) is 16.9 Å². The minimum Gasteiger partial charge on any atom is -0.398 e. The van der Waals surface area contributed by atoms with E-state index in [1.807, 2.05) is 6.07 Å². The lowest BCUT2D eigenvalue weighted by atomic mass is 10.0. The van der Waals surface area contributed by atoms with E-state index < -0.39 is 11.7 Å². The third kappa shape index (κ3) is 3.19. The fourth-order valence-corrected chi connectivity index (χ4v) is 2.23. The molecule has 23 heavy (non-hydrogen) atoms. The summed E-state index contributed by atoms with van der Waals surface area (Å²) in [6.07, 6.45) is 0. The number of anilines is 2. The Balaban J connectivity index is 2.39. The predicted molar refractivity (Wildman–Crippen MR) is 87.2 cm³/mol. The Morgan fingerprint density at radius 3 is 2.65 bits per heavy atom. The number of carbonyl (C=O) groups is 1. The average molecular weight is 310 g/mol. The molecule has 0 radical (unpaired) electrons. The Labute approximate surface area is 133 Å². The number of benzene rings is 2. The van der Waals surface area contributed by atoms with E-state index in [9.17, 15) is 9.18 Å². The minimum absolute atomic E-state index is 0.172. The van der Waals surface area contributed by atoms with Gasteiger partial charge in [0.05, 0.1) is 17.2 Å².